The van der Waals surface area contributed by atoms with Crippen molar-refractivity contribution in [1.82, 2.24) is 9.97 Å². The number of aromatic nitrogens is 2. The predicted molar refractivity (Wildman–Crippen MR) is 92.0 cm³/mol. The number of aromatic hydroxyl groups is 1. The monoisotopic (exact) mass is 348 g/mol. The van der Waals surface area contributed by atoms with Crippen LogP contribution >= 0.6 is 35.4 Å². The molecule has 0 aliphatic carbocycles. The number of H-pyrrole nitrogens is 1. The molecule has 0 aliphatic rings. The fourth-order valence-electron chi connectivity index (χ4n) is 2.14. The first-order chi connectivity index (χ1) is 10.5. The Morgan fingerprint density at radius 3 is 2.50 bits per heavy atom. The number of nitrogens with zero attached hydrogens (tertiary/aromatic N) is 1. The Morgan fingerprint density at radius 2 is 1.77 bits per heavy atom. The molecule has 0 amide bonds. The van der Waals surface area contributed by atoms with Crippen molar-refractivity contribution < 1.29 is 5.11 Å². The number of nitrogens with one attached hydrogen (secondary N) is 1. The smallest absolute Gasteiger partial charge is 0.197 e. The minimum atomic E-state index is 0.142. The van der Waals surface area contributed by atoms with Gasteiger partial charge in [0, 0.05) is 16.1 Å². The molecular formula is C16H10Cl2N2OS. The maximum absolute atomic E-state index is 9.98. The van der Waals surface area contributed by atoms with Crippen LogP contribution in [0.5, 0.6) is 5.75 Å². The number of phenols is 1. The van der Waals surface area contributed by atoms with Crippen LogP contribution in [0.2, 0.25) is 10.0 Å². The van der Waals surface area contributed by atoms with Crippen molar-refractivity contribution in [3.63, 3.8) is 0 Å². The Bertz CT molecular complexity index is 909. The van der Waals surface area contributed by atoms with Crippen molar-refractivity contribution in [2.75, 3.05) is 0 Å². The second-order valence-corrected chi connectivity index (χ2v) is 5.86. The summed E-state index contributed by atoms with van der Waals surface area (Å²) in [5.41, 5.74) is 2.65. The number of hydrogen-bond donors (Lipinski definition) is 2. The lowest BCUT2D eigenvalue weighted by atomic mass is 10.1. The second kappa shape index (κ2) is 6.08. The Hall–Kier alpha value is -1.88. The molecule has 1 aromatic heterocycles. The molecule has 0 radical (unpaired) electrons. The molecule has 0 saturated carbocycles. The van der Waals surface area contributed by atoms with E-state index in [1.165, 1.54) is 0 Å². The number of phenolic OH excluding ortho intramolecular Hbond substituents is 1. The second-order valence-electron chi connectivity index (χ2n) is 4.63. The first-order valence-electron chi connectivity index (χ1n) is 6.40. The number of para-hydroxylation sites is 1. The highest BCUT2D eigenvalue weighted by atomic mass is 35.5. The summed E-state index contributed by atoms with van der Waals surface area (Å²) in [6, 6.07) is 14.0. The molecule has 110 valence electrons. The van der Waals surface area contributed by atoms with Gasteiger partial charge in [-0.2, -0.15) is 0 Å². The van der Waals surface area contributed by atoms with Crippen LogP contribution in [0, 0.1) is 4.77 Å². The highest BCUT2D eigenvalue weighted by Crippen LogP contribution is 2.33. The van der Waals surface area contributed by atoms with E-state index in [-0.39, 0.29) is 5.75 Å². The zero-order chi connectivity index (χ0) is 15.7. The normalized spacial score (nSPS) is 10.6. The largest absolute Gasteiger partial charge is 0.507 e. The van der Waals surface area contributed by atoms with Crippen LogP contribution in [-0.4, -0.2) is 15.1 Å². The van der Waals surface area contributed by atoms with E-state index in [0.717, 1.165) is 5.56 Å². The molecule has 22 heavy (non-hydrogen) atoms. The molecule has 0 aliphatic heterocycles. The van der Waals surface area contributed by atoms with Gasteiger partial charge in [-0.1, -0.05) is 35.3 Å². The number of hydrogen-bond acceptors (Lipinski definition) is 3. The number of aromatic amines is 1. The first-order valence-corrected chi connectivity index (χ1v) is 7.56. The van der Waals surface area contributed by atoms with E-state index in [0.29, 0.717) is 31.8 Å². The lowest BCUT2D eigenvalue weighted by Crippen LogP contribution is -1.92. The van der Waals surface area contributed by atoms with E-state index < -0.39 is 0 Å². The van der Waals surface area contributed by atoms with Gasteiger partial charge in [-0.3, -0.25) is 0 Å². The van der Waals surface area contributed by atoms with Gasteiger partial charge in [-0.05, 0) is 48.6 Å². The molecule has 0 saturated heterocycles. The molecule has 0 bridgehead atoms. The number of rotatable bonds is 2. The maximum Gasteiger partial charge on any atom is 0.197 e. The van der Waals surface area contributed by atoms with Crippen LogP contribution < -0.4 is 0 Å². The van der Waals surface area contributed by atoms with Crippen LogP contribution in [0.1, 0.15) is 0 Å². The van der Waals surface area contributed by atoms with Crippen molar-refractivity contribution in [3.8, 4) is 28.3 Å². The van der Waals surface area contributed by atoms with E-state index in [2.05, 4.69) is 9.97 Å². The van der Waals surface area contributed by atoms with Gasteiger partial charge >= 0.3 is 0 Å². The third-order valence-electron chi connectivity index (χ3n) is 3.15. The average molecular weight is 349 g/mol. The van der Waals surface area contributed by atoms with E-state index in [1.807, 2.05) is 6.07 Å². The molecule has 0 atom stereocenters. The van der Waals surface area contributed by atoms with E-state index >= 15 is 0 Å². The maximum atomic E-state index is 9.98. The minimum Gasteiger partial charge on any atom is -0.507 e. The fourth-order valence-corrected chi connectivity index (χ4v) is 2.86. The average Bonchev–Trinajstić information content (AvgIpc) is 2.47. The molecule has 3 aromatic rings. The summed E-state index contributed by atoms with van der Waals surface area (Å²) >= 11 is 17.3. The standard InChI is InChI=1S/C16H10Cl2N2OS/c17-9-5-6-10(12(18)7-9)13-8-14(20-16(22)19-13)11-3-1-2-4-15(11)21/h1-8,21H,(H,19,20,22). The minimum absolute atomic E-state index is 0.142. The molecule has 2 N–H and O–H groups in total. The molecule has 0 fully saturated rings. The van der Waals surface area contributed by atoms with Gasteiger partial charge in [0.25, 0.3) is 0 Å². The third kappa shape index (κ3) is 2.99. The van der Waals surface area contributed by atoms with E-state index in [1.54, 1.807) is 42.5 Å². The number of halogens is 2. The summed E-state index contributed by atoms with van der Waals surface area (Å²) < 4.78 is 0.307. The number of benzene rings is 2. The zero-order valence-electron chi connectivity index (χ0n) is 11.2. The quantitative estimate of drug-likeness (QED) is 0.602. The van der Waals surface area contributed by atoms with Gasteiger partial charge < -0.3 is 10.1 Å². The summed E-state index contributed by atoms with van der Waals surface area (Å²) in [6.45, 7) is 0. The molecule has 3 nitrogen and oxygen atoms in total. The SMILES string of the molecule is Oc1ccccc1-c1cc(-c2ccc(Cl)cc2Cl)[nH]c(=S)n1. The summed E-state index contributed by atoms with van der Waals surface area (Å²) in [5, 5.41) is 11.0. The lowest BCUT2D eigenvalue weighted by molar-refractivity contribution is 0.477. The van der Waals surface area contributed by atoms with Crippen LogP contribution in [0.4, 0.5) is 0 Å². The molecule has 1 heterocycles. The Kier molecular flexibility index (Phi) is 4.16. The Labute approximate surface area is 142 Å². The van der Waals surface area contributed by atoms with Gasteiger partial charge in [-0.25, -0.2) is 4.98 Å². The van der Waals surface area contributed by atoms with Crippen LogP contribution in [0.25, 0.3) is 22.5 Å². The molecule has 0 unspecified atom stereocenters. The predicted octanol–water partition coefficient (Wildman–Crippen LogP) is 5.49. The highest BCUT2D eigenvalue weighted by Gasteiger charge is 2.10. The fraction of sp³-hybridized carbons (Fsp3) is 0. The Balaban J connectivity index is 2.19. The Morgan fingerprint density at radius 1 is 1.00 bits per heavy atom. The molecular weight excluding hydrogens is 339 g/mol. The van der Waals surface area contributed by atoms with Gasteiger partial charge in [0.1, 0.15) is 5.75 Å². The third-order valence-corrected chi connectivity index (χ3v) is 3.89. The van der Waals surface area contributed by atoms with Crippen LogP contribution in [0.3, 0.4) is 0 Å². The van der Waals surface area contributed by atoms with Gasteiger partial charge in [0.2, 0.25) is 0 Å². The van der Waals surface area contributed by atoms with Crippen LogP contribution in [0.15, 0.2) is 48.5 Å². The molecule has 0 spiro atoms. The summed E-state index contributed by atoms with van der Waals surface area (Å²) in [5.74, 6) is 0.142. The first kappa shape index (κ1) is 15.0. The zero-order valence-corrected chi connectivity index (χ0v) is 13.5. The van der Waals surface area contributed by atoms with E-state index in [4.69, 9.17) is 35.4 Å². The summed E-state index contributed by atoms with van der Waals surface area (Å²) in [4.78, 5) is 7.28. The van der Waals surface area contributed by atoms with Crippen molar-refractivity contribution in [1.29, 1.82) is 0 Å². The highest BCUT2D eigenvalue weighted by molar-refractivity contribution is 7.71. The van der Waals surface area contributed by atoms with E-state index in [9.17, 15) is 5.11 Å². The van der Waals surface area contributed by atoms with Gasteiger partial charge in [0.05, 0.1) is 16.4 Å². The summed E-state index contributed by atoms with van der Waals surface area (Å²) in [6.07, 6.45) is 0. The summed E-state index contributed by atoms with van der Waals surface area (Å²) in [7, 11) is 0. The topological polar surface area (TPSA) is 48.9 Å². The molecule has 2 aromatic carbocycles. The van der Waals surface area contributed by atoms with Gasteiger partial charge in [0.15, 0.2) is 4.77 Å². The van der Waals surface area contributed by atoms with Crippen molar-refractivity contribution >= 4 is 35.4 Å². The lowest BCUT2D eigenvalue weighted by Gasteiger charge is -2.08. The molecule has 3 rings (SSSR count). The van der Waals surface area contributed by atoms with Crippen LogP contribution in [-0.2, 0) is 0 Å². The van der Waals surface area contributed by atoms with Gasteiger partial charge in [-0.15, -0.1) is 0 Å². The molecule has 6 heteroatoms. The van der Waals surface area contributed by atoms with Crippen molar-refractivity contribution in [2.24, 2.45) is 0 Å². The van der Waals surface area contributed by atoms with Crippen molar-refractivity contribution in [2.45, 2.75) is 0 Å². The van der Waals surface area contributed by atoms with Crippen molar-refractivity contribution in [3.05, 3.63) is 63.3 Å².